The maximum atomic E-state index is 11.3. The highest BCUT2D eigenvalue weighted by Crippen LogP contribution is 2.17. The highest BCUT2D eigenvalue weighted by atomic mass is 79.9. The van der Waals surface area contributed by atoms with Crippen LogP contribution in [0.25, 0.3) is 0 Å². The molecule has 5 heteroatoms. The third-order valence-corrected chi connectivity index (χ3v) is 2.54. The summed E-state index contributed by atoms with van der Waals surface area (Å²) in [5.41, 5.74) is 0. The van der Waals surface area contributed by atoms with E-state index in [1.54, 1.807) is 0 Å². The standard InChI is InChI=1S/C12H16BrNO3/c13-10-3-1-4-11(9-10)17-8-5-12(16)14-6-2-7-15/h1,3-4,9,15H,2,5-8H2,(H,14,16). The van der Waals surface area contributed by atoms with Gasteiger partial charge in [-0.05, 0) is 24.6 Å². The monoisotopic (exact) mass is 301 g/mol. The average molecular weight is 302 g/mol. The molecule has 0 aliphatic carbocycles. The van der Waals surface area contributed by atoms with Crippen molar-refractivity contribution < 1.29 is 14.6 Å². The SMILES string of the molecule is O=C(CCOc1cccc(Br)c1)NCCCO. The smallest absolute Gasteiger partial charge is 0.223 e. The number of aliphatic hydroxyl groups excluding tert-OH is 1. The molecule has 1 aromatic rings. The molecule has 2 N–H and O–H groups in total. The molecule has 0 spiro atoms. The van der Waals surface area contributed by atoms with Crippen LogP contribution in [-0.2, 0) is 4.79 Å². The van der Waals surface area contributed by atoms with Gasteiger partial charge < -0.3 is 15.2 Å². The third kappa shape index (κ3) is 6.28. The number of carbonyl (C=O) groups is 1. The Morgan fingerprint density at radius 3 is 3.00 bits per heavy atom. The van der Waals surface area contributed by atoms with Gasteiger partial charge in [0.2, 0.25) is 5.91 Å². The van der Waals surface area contributed by atoms with Crippen LogP contribution in [0.3, 0.4) is 0 Å². The van der Waals surface area contributed by atoms with Gasteiger partial charge in [0.1, 0.15) is 5.75 Å². The van der Waals surface area contributed by atoms with Crippen LogP contribution < -0.4 is 10.1 Å². The highest BCUT2D eigenvalue weighted by molar-refractivity contribution is 9.10. The largest absolute Gasteiger partial charge is 0.493 e. The molecule has 0 atom stereocenters. The molecule has 0 unspecified atom stereocenters. The van der Waals surface area contributed by atoms with Crippen LogP contribution in [0.4, 0.5) is 0 Å². The summed E-state index contributed by atoms with van der Waals surface area (Å²) in [5, 5.41) is 11.2. The van der Waals surface area contributed by atoms with Crippen molar-refractivity contribution in [1.29, 1.82) is 0 Å². The molecule has 0 aromatic heterocycles. The van der Waals surface area contributed by atoms with E-state index < -0.39 is 0 Å². The van der Waals surface area contributed by atoms with Gasteiger partial charge in [-0.2, -0.15) is 0 Å². The van der Waals surface area contributed by atoms with E-state index in [0.29, 0.717) is 26.0 Å². The number of halogens is 1. The number of rotatable bonds is 7. The number of nitrogens with one attached hydrogen (secondary N) is 1. The molecule has 0 bridgehead atoms. The number of carbonyl (C=O) groups excluding carboxylic acids is 1. The van der Waals surface area contributed by atoms with E-state index in [-0.39, 0.29) is 12.5 Å². The molecule has 1 amide bonds. The summed E-state index contributed by atoms with van der Waals surface area (Å²) in [4.78, 5) is 11.3. The van der Waals surface area contributed by atoms with Crippen LogP contribution in [0.2, 0.25) is 0 Å². The summed E-state index contributed by atoms with van der Waals surface area (Å²) in [6.45, 7) is 0.947. The summed E-state index contributed by atoms with van der Waals surface area (Å²) in [6.07, 6.45) is 0.899. The minimum Gasteiger partial charge on any atom is -0.493 e. The van der Waals surface area contributed by atoms with Gasteiger partial charge in [-0.15, -0.1) is 0 Å². The topological polar surface area (TPSA) is 58.6 Å². The number of hydrogen-bond acceptors (Lipinski definition) is 3. The van der Waals surface area contributed by atoms with Crippen molar-refractivity contribution in [3.8, 4) is 5.75 Å². The molecule has 0 fully saturated rings. The molecule has 4 nitrogen and oxygen atoms in total. The number of hydrogen-bond donors (Lipinski definition) is 2. The lowest BCUT2D eigenvalue weighted by molar-refractivity contribution is -0.121. The summed E-state index contributed by atoms with van der Waals surface area (Å²) in [6, 6.07) is 7.48. The van der Waals surface area contributed by atoms with Crippen LogP contribution in [0.1, 0.15) is 12.8 Å². The third-order valence-electron chi connectivity index (χ3n) is 2.05. The molecule has 94 valence electrons. The Hall–Kier alpha value is -1.07. The summed E-state index contributed by atoms with van der Waals surface area (Å²) in [7, 11) is 0. The zero-order valence-corrected chi connectivity index (χ0v) is 11.1. The van der Waals surface area contributed by atoms with Crippen molar-refractivity contribution >= 4 is 21.8 Å². The predicted octanol–water partition coefficient (Wildman–Crippen LogP) is 1.72. The van der Waals surface area contributed by atoms with Gasteiger partial charge in [0.15, 0.2) is 0 Å². The Kier molecular flexibility index (Phi) is 6.65. The van der Waals surface area contributed by atoms with E-state index in [4.69, 9.17) is 9.84 Å². The summed E-state index contributed by atoms with van der Waals surface area (Å²) < 4.78 is 6.37. The first kappa shape index (κ1) is 14.0. The van der Waals surface area contributed by atoms with E-state index in [0.717, 1.165) is 10.2 Å². The number of aliphatic hydroxyl groups is 1. The van der Waals surface area contributed by atoms with E-state index in [2.05, 4.69) is 21.2 Å². The first-order valence-electron chi connectivity index (χ1n) is 5.48. The first-order chi connectivity index (χ1) is 8.22. The predicted molar refractivity (Wildman–Crippen MR) is 69.0 cm³/mol. The molecule has 0 aliphatic rings. The zero-order valence-electron chi connectivity index (χ0n) is 9.49. The lowest BCUT2D eigenvalue weighted by Gasteiger charge is -2.07. The van der Waals surface area contributed by atoms with Crippen LogP contribution in [0, 0.1) is 0 Å². The molecule has 0 aliphatic heterocycles. The molecule has 17 heavy (non-hydrogen) atoms. The Morgan fingerprint density at radius 2 is 2.29 bits per heavy atom. The molecule has 1 rings (SSSR count). The van der Waals surface area contributed by atoms with Gasteiger partial charge in [0.25, 0.3) is 0 Å². The Labute approximate surface area is 109 Å². The minimum atomic E-state index is -0.0616. The second-order valence-electron chi connectivity index (χ2n) is 3.48. The highest BCUT2D eigenvalue weighted by Gasteiger charge is 2.01. The summed E-state index contributed by atoms with van der Waals surface area (Å²) in [5.74, 6) is 0.677. The Balaban J connectivity index is 2.17. The van der Waals surface area contributed by atoms with Crippen molar-refractivity contribution in [1.82, 2.24) is 5.32 Å². The van der Waals surface area contributed by atoms with Crippen molar-refractivity contribution in [2.24, 2.45) is 0 Å². The lowest BCUT2D eigenvalue weighted by atomic mass is 10.3. The molecular weight excluding hydrogens is 286 g/mol. The summed E-state index contributed by atoms with van der Waals surface area (Å²) >= 11 is 3.34. The van der Waals surface area contributed by atoms with Crippen molar-refractivity contribution in [3.05, 3.63) is 28.7 Å². The van der Waals surface area contributed by atoms with Crippen LogP contribution >= 0.6 is 15.9 Å². The Bertz CT molecular complexity index is 357. The molecule has 0 heterocycles. The van der Waals surface area contributed by atoms with Gasteiger partial charge in [0, 0.05) is 17.6 Å². The zero-order chi connectivity index (χ0) is 12.5. The van der Waals surface area contributed by atoms with Crippen LogP contribution in [-0.4, -0.2) is 30.8 Å². The van der Waals surface area contributed by atoms with Crippen LogP contribution in [0.15, 0.2) is 28.7 Å². The second-order valence-corrected chi connectivity index (χ2v) is 4.40. The lowest BCUT2D eigenvalue weighted by Crippen LogP contribution is -2.26. The molecule has 1 aromatic carbocycles. The number of benzene rings is 1. The Morgan fingerprint density at radius 1 is 1.47 bits per heavy atom. The maximum absolute atomic E-state index is 11.3. The number of ether oxygens (including phenoxy) is 1. The molecule has 0 saturated carbocycles. The van der Waals surface area contributed by atoms with Gasteiger partial charge in [-0.25, -0.2) is 0 Å². The molecular formula is C12H16BrNO3. The van der Waals surface area contributed by atoms with Crippen LogP contribution in [0.5, 0.6) is 5.75 Å². The van der Waals surface area contributed by atoms with Crippen molar-refractivity contribution in [2.45, 2.75) is 12.8 Å². The first-order valence-corrected chi connectivity index (χ1v) is 6.27. The average Bonchev–Trinajstić information content (AvgIpc) is 2.29. The van der Waals surface area contributed by atoms with E-state index >= 15 is 0 Å². The second kappa shape index (κ2) is 8.08. The van der Waals surface area contributed by atoms with E-state index in [1.165, 1.54) is 0 Å². The van der Waals surface area contributed by atoms with Crippen molar-refractivity contribution in [2.75, 3.05) is 19.8 Å². The fourth-order valence-electron chi connectivity index (χ4n) is 1.21. The van der Waals surface area contributed by atoms with E-state index in [1.807, 2.05) is 24.3 Å². The normalized spacial score (nSPS) is 10.0. The van der Waals surface area contributed by atoms with E-state index in [9.17, 15) is 4.79 Å². The number of amides is 1. The van der Waals surface area contributed by atoms with Gasteiger partial charge in [0.05, 0.1) is 13.0 Å². The van der Waals surface area contributed by atoms with Gasteiger partial charge in [-0.3, -0.25) is 4.79 Å². The maximum Gasteiger partial charge on any atom is 0.223 e. The fourth-order valence-corrected chi connectivity index (χ4v) is 1.59. The fraction of sp³-hybridized carbons (Fsp3) is 0.417. The van der Waals surface area contributed by atoms with Gasteiger partial charge in [-0.1, -0.05) is 22.0 Å². The minimum absolute atomic E-state index is 0.0616. The van der Waals surface area contributed by atoms with Gasteiger partial charge >= 0.3 is 0 Å². The molecule has 0 saturated heterocycles. The quantitative estimate of drug-likeness (QED) is 0.754. The molecule has 0 radical (unpaired) electrons. The van der Waals surface area contributed by atoms with Crippen molar-refractivity contribution in [3.63, 3.8) is 0 Å².